The van der Waals surface area contributed by atoms with E-state index in [0.29, 0.717) is 23.4 Å². The van der Waals surface area contributed by atoms with Gasteiger partial charge in [0.2, 0.25) is 0 Å². The first-order valence-electron chi connectivity index (χ1n) is 21.5. The summed E-state index contributed by atoms with van der Waals surface area (Å²) in [5, 5.41) is 6.17. The molecular weight excluding hydrogens is 785 g/mol. The number of fused-ring (bicyclic) bond motifs is 7. The smallest absolute Gasteiger partial charge is 0.160 e. The van der Waals surface area contributed by atoms with Crippen LogP contribution in [0.25, 0.3) is 94.3 Å². The van der Waals surface area contributed by atoms with Gasteiger partial charge in [0.1, 0.15) is 22.4 Å². The van der Waals surface area contributed by atoms with Crippen molar-refractivity contribution in [2.75, 3.05) is 0 Å². The van der Waals surface area contributed by atoms with Crippen LogP contribution in [0.2, 0.25) is 0 Å². The van der Waals surface area contributed by atoms with Crippen molar-refractivity contribution < 1.29 is 8.83 Å². The predicted molar refractivity (Wildman–Crippen MR) is 266 cm³/mol. The van der Waals surface area contributed by atoms with Gasteiger partial charge in [-0.1, -0.05) is 164 Å². The van der Waals surface area contributed by atoms with Gasteiger partial charge < -0.3 is 19.1 Å². The first-order valence-corrected chi connectivity index (χ1v) is 21.5. The topological polar surface area (TPSA) is 82.0 Å². The molecule has 64 heavy (non-hydrogen) atoms. The van der Waals surface area contributed by atoms with Crippen LogP contribution in [0.3, 0.4) is 0 Å². The SMILES string of the molecule is C=C/C(C(N)=NC(=NCc1ccccc1)c1ccc(-c2ccccc2)cc1)=c1\c(=C/C)oc2ccc(-c3ccc(-n4c5ccccc5c5ccccc54)c4oc5ccccc5c34)cc12. The Hall–Kier alpha value is -8.48. The van der Waals surface area contributed by atoms with Crippen LogP contribution in [0.4, 0.5) is 0 Å². The van der Waals surface area contributed by atoms with E-state index in [9.17, 15) is 0 Å². The van der Waals surface area contributed by atoms with Crippen LogP contribution < -0.4 is 16.4 Å². The number of aromatic nitrogens is 1. The molecule has 0 aliphatic rings. The fraction of sp³-hybridized carbons (Fsp3) is 0.0345. The van der Waals surface area contributed by atoms with Crippen LogP contribution in [0.1, 0.15) is 18.1 Å². The van der Waals surface area contributed by atoms with Gasteiger partial charge in [0.15, 0.2) is 11.4 Å². The van der Waals surface area contributed by atoms with Gasteiger partial charge in [0, 0.05) is 43.3 Å². The summed E-state index contributed by atoms with van der Waals surface area (Å²) in [4.78, 5) is 10.1. The maximum absolute atomic E-state index is 7.07. The van der Waals surface area contributed by atoms with E-state index in [1.54, 1.807) is 6.08 Å². The number of para-hydroxylation sites is 3. The molecule has 0 aliphatic heterocycles. The number of nitrogens with zero attached hydrogens (tertiary/aromatic N) is 3. The molecule has 11 rings (SSSR count). The number of nitrogens with two attached hydrogens (primary N) is 1. The largest absolute Gasteiger partial charge is 0.456 e. The van der Waals surface area contributed by atoms with Crippen LogP contribution in [-0.4, -0.2) is 16.2 Å². The van der Waals surface area contributed by atoms with E-state index in [1.165, 1.54) is 10.8 Å². The summed E-state index contributed by atoms with van der Waals surface area (Å²) in [5.74, 6) is 0.803. The number of aliphatic imine (C=N–C) groups is 2. The monoisotopic (exact) mass is 826 g/mol. The van der Waals surface area contributed by atoms with E-state index >= 15 is 0 Å². The summed E-state index contributed by atoms with van der Waals surface area (Å²) in [6.07, 6.45) is 3.72. The molecule has 2 N–H and O–H groups in total. The van der Waals surface area contributed by atoms with Gasteiger partial charge in [0.25, 0.3) is 0 Å². The average molecular weight is 827 g/mol. The number of hydrogen-bond acceptors (Lipinski definition) is 3. The normalized spacial score (nSPS) is 13.2. The molecule has 0 saturated carbocycles. The van der Waals surface area contributed by atoms with Crippen molar-refractivity contribution >= 4 is 78.0 Å². The van der Waals surface area contributed by atoms with Crippen LogP contribution in [-0.2, 0) is 6.54 Å². The van der Waals surface area contributed by atoms with Crippen molar-refractivity contribution in [2.24, 2.45) is 15.7 Å². The first-order chi connectivity index (χ1) is 31.6. The first kappa shape index (κ1) is 38.4. The summed E-state index contributed by atoms with van der Waals surface area (Å²) < 4.78 is 15.7. The Bertz CT molecular complexity index is 3720. The van der Waals surface area contributed by atoms with Crippen molar-refractivity contribution in [1.82, 2.24) is 4.57 Å². The molecule has 3 heterocycles. The minimum Gasteiger partial charge on any atom is -0.456 e. The third-order valence-corrected chi connectivity index (χ3v) is 12.1. The second-order valence-corrected chi connectivity index (χ2v) is 15.8. The number of benzene rings is 8. The maximum Gasteiger partial charge on any atom is 0.160 e. The van der Waals surface area contributed by atoms with E-state index in [4.69, 9.17) is 24.6 Å². The summed E-state index contributed by atoms with van der Waals surface area (Å²) in [6, 6.07) is 64.9. The molecule has 0 saturated heterocycles. The maximum atomic E-state index is 7.07. The third-order valence-electron chi connectivity index (χ3n) is 12.1. The molecule has 306 valence electrons. The fourth-order valence-electron chi connectivity index (χ4n) is 9.07. The van der Waals surface area contributed by atoms with E-state index in [-0.39, 0.29) is 5.84 Å². The van der Waals surface area contributed by atoms with Gasteiger partial charge in [-0.15, -0.1) is 0 Å². The van der Waals surface area contributed by atoms with Crippen LogP contribution >= 0.6 is 0 Å². The third kappa shape index (κ3) is 6.60. The van der Waals surface area contributed by atoms with Crippen LogP contribution in [0.5, 0.6) is 0 Å². The van der Waals surface area contributed by atoms with Gasteiger partial charge in [0.05, 0.1) is 23.3 Å². The molecule has 0 spiro atoms. The van der Waals surface area contributed by atoms with Crippen LogP contribution in [0.15, 0.2) is 220 Å². The van der Waals surface area contributed by atoms with Crippen molar-refractivity contribution in [3.05, 3.63) is 222 Å². The number of hydrogen-bond donors (Lipinski definition) is 1. The Morgan fingerprint density at radius 1 is 0.609 bits per heavy atom. The lowest BCUT2D eigenvalue weighted by Gasteiger charge is -2.12. The highest BCUT2D eigenvalue weighted by atomic mass is 16.3. The van der Waals surface area contributed by atoms with Crippen molar-refractivity contribution in [2.45, 2.75) is 13.5 Å². The summed E-state index contributed by atoms with van der Waals surface area (Å²) in [6.45, 7) is 6.66. The Morgan fingerprint density at radius 3 is 1.92 bits per heavy atom. The molecular formula is C58H42N4O2. The Labute approximate surface area is 369 Å². The molecule has 0 aliphatic carbocycles. The van der Waals surface area contributed by atoms with Crippen molar-refractivity contribution in [3.63, 3.8) is 0 Å². The second kappa shape index (κ2) is 16.1. The van der Waals surface area contributed by atoms with Gasteiger partial charge in [-0.2, -0.15) is 0 Å². The molecule has 0 bridgehead atoms. The highest BCUT2D eigenvalue weighted by Crippen LogP contribution is 2.42. The van der Waals surface area contributed by atoms with Crippen molar-refractivity contribution in [1.29, 1.82) is 0 Å². The Balaban J connectivity index is 1.09. The zero-order valence-corrected chi connectivity index (χ0v) is 35.2. The molecule has 0 unspecified atom stereocenters. The molecule has 8 aromatic carbocycles. The zero-order valence-electron chi connectivity index (χ0n) is 35.2. The Kier molecular flexibility index (Phi) is 9.66. The summed E-state index contributed by atoms with van der Waals surface area (Å²) in [5.41, 5.74) is 20.2. The quantitative estimate of drug-likeness (QED) is 0.122. The minimum absolute atomic E-state index is 0.281. The zero-order chi connectivity index (χ0) is 43.1. The molecule has 0 fully saturated rings. The average Bonchev–Trinajstić information content (AvgIpc) is 4.03. The number of amidine groups is 2. The van der Waals surface area contributed by atoms with Gasteiger partial charge in [-0.05, 0) is 77.2 Å². The van der Waals surface area contributed by atoms with E-state index in [1.807, 2.05) is 79.7 Å². The number of furan rings is 2. The summed E-state index contributed by atoms with van der Waals surface area (Å²) in [7, 11) is 0. The van der Waals surface area contributed by atoms with E-state index in [0.717, 1.165) is 88.2 Å². The van der Waals surface area contributed by atoms with E-state index < -0.39 is 0 Å². The van der Waals surface area contributed by atoms with Gasteiger partial charge in [-0.3, -0.25) is 4.99 Å². The molecule has 0 atom stereocenters. The minimum atomic E-state index is 0.281. The predicted octanol–water partition coefficient (Wildman–Crippen LogP) is 12.9. The molecule has 0 amide bonds. The van der Waals surface area contributed by atoms with Crippen molar-refractivity contribution in [3.8, 4) is 27.9 Å². The van der Waals surface area contributed by atoms with E-state index in [2.05, 4.69) is 132 Å². The molecule has 3 aromatic heterocycles. The highest BCUT2D eigenvalue weighted by Gasteiger charge is 2.21. The Morgan fingerprint density at radius 2 is 1.22 bits per heavy atom. The molecule has 6 heteroatoms. The second-order valence-electron chi connectivity index (χ2n) is 15.8. The van der Waals surface area contributed by atoms with Gasteiger partial charge in [-0.25, -0.2) is 4.99 Å². The van der Waals surface area contributed by atoms with Crippen LogP contribution in [0, 0.1) is 0 Å². The highest BCUT2D eigenvalue weighted by molar-refractivity contribution is 6.25. The van der Waals surface area contributed by atoms with Gasteiger partial charge >= 0.3 is 0 Å². The lowest BCUT2D eigenvalue weighted by Crippen LogP contribution is -2.29. The fourth-order valence-corrected chi connectivity index (χ4v) is 9.07. The molecule has 11 aromatic rings. The molecule has 0 radical (unpaired) electrons. The standard InChI is InChI=1S/C58H42N4O2/c1-3-42(57(59)61-58(60-36-37-17-7-5-8-18-37)40-29-27-39(28-30-40)38-19-9-6-10-20-38)54-47-35-41(31-34-53(47)63-51(54)4-2)43-32-33-50(56-55(43)46-23-13-16-26-52(46)64-56)62-48-24-14-11-21-44(48)45-22-12-15-25-49(45)62/h3-35H,1,36H2,2H3,(H2,59,60,61)/b51-4+,54-42+. The lowest BCUT2D eigenvalue weighted by molar-refractivity contribution is 0.575. The lowest BCUT2D eigenvalue weighted by atomic mass is 9.97. The summed E-state index contributed by atoms with van der Waals surface area (Å²) >= 11 is 0. The molecule has 6 nitrogen and oxygen atoms in total. The number of rotatable bonds is 8.